The van der Waals surface area contributed by atoms with Crippen LogP contribution in [0.5, 0.6) is 0 Å². The fraction of sp³-hybridized carbons (Fsp3) is 0.500. The number of hydrogen-bond acceptors (Lipinski definition) is 2. The fourth-order valence-corrected chi connectivity index (χ4v) is 2.77. The van der Waals surface area contributed by atoms with Crippen LogP contribution in [0.15, 0.2) is 24.3 Å². The van der Waals surface area contributed by atoms with Gasteiger partial charge in [0, 0.05) is 13.1 Å². The van der Waals surface area contributed by atoms with Gasteiger partial charge in [0.15, 0.2) is 0 Å². The molecular formula is C16H22N2O3. The van der Waals surface area contributed by atoms with Crippen molar-refractivity contribution in [2.45, 2.75) is 32.1 Å². The predicted octanol–water partition coefficient (Wildman–Crippen LogP) is 2.42. The van der Waals surface area contributed by atoms with Crippen molar-refractivity contribution in [2.75, 3.05) is 13.1 Å². The molecule has 0 heterocycles. The number of carbonyl (C=O) groups excluding carboxylic acids is 1. The van der Waals surface area contributed by atoms with Gasteiger partial charge in [-0.25, -0.2) is 9.59 Å². The van der Waals surface area contributed by atoms with Crippen LogP contribution in [0.25, 0.3) is 0 Å². The molecule has 5 nitrogen and oxygen atoms in total. The maximum atomic E-state index is 11.7. The molecule has 2 amide bonds. The third-order valence-corrected chi connectivity index (χ3v) is 3.95. The zero-order valence-corrected chi connectivity index (χ0v) is 12.1. The molecule has 114 valence electrons. The fourth-order valence-electron chi connectivity index (χ4n) is 2.77. The van der Waals surface area contributed by atoms with Crippen molar-refractivity contribution in [3.05, 3.63) is 35.4 Å². The Hall–Kier alpha value is -2.04. The predicted molar refractivity (Wildman–Crippen MR) is 80.5 cm³/mol. The van der Waals surface area contributed by atoms with E-state index in [2.05, 4.69) is 10.6 Å². The molecule has 1 aliphatic rings. The number of nitrogens with one attached hydrogen (secondary N) is 2. The molecule has 1 aliphatic carbocycles. The largest absolute Gasteiger partial charge is 0.478 e. The zero-order chi connectivity index (χ0) is 15.1. The van der Waals surface area contributed by atoms with Crippen LogP contribution in [0.2, 0.25) is 0 Å². The molecule has 1 aromatic carbocycles. The molecule has 0 bridgehead atoms. The van der Waals surface area contributed by atoms with Gasteiger partial charge < -0.3 is 15.7 Å². The number of carboxylic acids is 1. The lowest BCUT2D eigenvalue weighted by Crippen LogP contribution is -2.38. The highest BCUT2D eigenvalue weighted by molar-refractivity contribution is 5.89. The van der Waals surface area contributed by atoms with Gasteiger partial charge in [-0.05, 0) is 36.8 Å². The Morgan fingerprint density at radius 3 is 2.57 bits per heavy atom. The topological polar surface area (TPSA) is 78.4 Å². The second-order valence-electron chi connectivity index (χ2n) is 5.50. The molecule has 0 unspecified atom stereocenters. The number of benzene rings is 1. The quantitative estimate of drug-likeness (QED) is 0.753. The van der Waals surface area contributed by atoms with Crippen molar-refractivity contribution in [1.82, 2.24) is 10.6 Å². The van der Waals surface area contributed by atoms with Gasteiger partial charge in [0.2, 0.25) is 0 Å². The van der Waals surface area contributed by atoms with E-state index in [1.54, 1.807) is 18.2 Å². The number of amides is 2. The van der Waals surface area contributed by atoms with Crippen LogP contribution in [0.4, 0.5) is 4.79 Å². The van der Waals surface area contributed by atoms with Gasteiger partial charge in [0.05, 0.1) is 5.56 Å². The number of urea groups is 1. The summed E-state index contributed by atoms with van der Waals surface area (Å²) < 4.78 is 0. The van der Waals surface area contributed by atoms with Gasteiger partial charge >= 0.3 is 12.0 Å². The average Bonchev–Trinajstić information content (AvgIpc) is 2.99. The molecule has 0 spiro atoms. The minimum Gasteiger partial charge on any atom is -0.478 e. The van der Waals surface area contributed by atoms with Crippen LogP contribution in [-0.2, 0) is 6.42 Å². The Kier molecular flexibility index (Phi) is 5.60. The Balaban J connectivity index is 1.71. The average molecular weight is 290 g/mol. The van der Waals surface area contributed by atoms with Gasteiger partial charge in [-0.15, -0.1) is 0 Å². The highest BCUT2D eigenvalue weighted by Crippen LogP contribution is 2.23. The van der Waals surface area contributed by atoms with E-state index >= 15 is 0 Å². The molecule has 1 aromatic rings. The lowest BCUT2D eigenvalue weighted by atomic mass is 10.0. The van der Waals surface area contributed by atoms with Crippen LogP contribution in [0.1, 0.15) is 41.6 Å². The van der Waals surface area contributed by atoms with Crippen LogP contribution in [0.3, 0.4) is 0 Å². The Bertz CT molecular complexity index is 496. The Morgan fingerprint density at radius 2 is 1.86 bits per heavy atom. The van der Waals surface area contributed by atoms with Crippen molar-refractivity contribution in [3.8, 4) is 0 Å². The molecular weight excluding hydrogens is 268 g/mol. The van der Waals surface area contributed by atoms with E-state index in [1.165, 1.54) is 25.7 Å². The van der Waals surface area contributed by atoms with Crippen molar-refractivity contribution >= 4 is 12.0 Å². The molecule has 21 heavy (non-hydrogen) atoms. The molecule has 0 saturated heterocycles. The van der Waals surface area contributed by atoms with Crippen molar-refractivity contribution < 1.29 is 14.7 Å². The molecule has 1 fully saturated rings. The minimum absolute atomic E-state index is 0.172. The summed E-state index contributed by atoms with van der Waals surface area (Å²) in [6, 6.07) is 6.70. The van der Waals surface area contributed by atoms with E-state index in [0.29, 0.717) is 24.4 Å². The van der Waals surface area contributed by atoms with Crippen LogP contribution < -0.4 is 10.6 Å². The normalized spacial score (nSPS) is 14.9. The van der Waals surface area contributed by atoms with Crippen LogP contribution in [0, 0.1) is 5.92 Å². The monoisotopic (exact) mass is 290 g/mol. The third-order valence-electron chi connectivity index (χ3n) is 3.95. The van der Waals surface area contributed by atoms with Crippen molar-refractivity contribution in [3.63, 3.8) is 0 Å². The number of rotatable bonds is 6. The maximum Gasteiger partial charge on any atom is 0.335 e. The summed E-state index contributed by atoms with van der Waals surface area (Å²) >= 11 is 0. The molecule has 0 atom stereocenters. The number of carbonyl (C=O) groups is 2. The molecule has 3 N–H and O–H groups in total. The van der Waals surface area contributed by atoms with E-state index in [0.717, 1.165) is 12.1 Å². The second-order valence-corrected chi connectivity index (χ2v) is 5.50. The standard InChI is InChI=1S/C16H22N2O3/c19-15(20)14-8-4-3-7-13(14)9-10-17-16(21)18-11-12-5-1-2-6-12/h3-4,7-8,12H,1-2,5-6,9-11H2,(H,19,20)(H2,17,18,21). The molecule has 0 aliphatic heterocycles. The minimum atomic E-state index is -0.934. The van der Waals surface area contributed by atoms with E-state index in [4.69, 9.17) is 5.11 Å². The number of hydrogen-bond donors (Lipinski definition) is 3. The van der Waals surface area contributed by atoms with E-state index in [-0.39, 0.29) is 6.03 Å². The molecule has 5 heteroatoms. The van der Waals surface area contributed by atoms with Crippen molar-refractivity contribution in [2.24, 2.45) is 5.92 Å². The number of carboxylic acid groups (broad SMARTS) is 1. The second kappa shape index (κ2) is 7.67. The molecule has 2 rings (SSSR count). The smallest absolute Gasteiger partial charge is 0.335 e. The Labute approximate surface area is 124 Å². The van der Waals surface area contributed by atoms with E-state index in [9.17, 15) is 9.59 Å². The lowest BCUT2D eigenvalue weighted by molar-refractivity contribution is 0.0695. The summed E-state index contributed by atoms with van der Waals surface area (Å²) in [5, 5.41) is 14.7. The van der Waals surface area contributed by atoms with Gasteiger partial charge in [-0.3, -0.25) is 0 Å². The van der Waals surface area contributed by atoms with Gasteiger partial charge in [0.1, 0.15) is 0 Å². The first-order chi connectivity index (χ1) is 10.2. The maximum absolute atomic E-state index is 11.7. The third kappa shape index (κ3) is 4.77. The summed E-state index contributed by atoms with van der Waals surface area (Å²) in [5.74, 6) is -0.320. The summed E-state index contributed by atoms with van der Waals surface area (Å²) in [5.41, 5.74) is 1.03. The lowest BCUT2D eigenvalue weighted by Gasteiger charge is -2.12. The highest BCUT2D eigenvalue weighted by Gasteiger charge is 2.15. The first-order valence-corrected chi connectivity index (χ1v) is 7.49. The number of aromatic carboxylic acids is 1. The molecule has 0 aromatic heterocycles. The SMILES string of the molecule is O=C(NCCc1ccccc1C(=O)O)NCC1CCCC1. The van der Waals surface area contributed by atoms with Gasteiger partial charge in [-0.2, -0.15) is 0 Å². The summed E-state index contributed by atoms with van der Waals surface area (Å²) in [6.45, 7) is 1.17. The summed E-state index contributed by atoms with van der Waals surface area (Å²) in [6.07, 6.45) is 5.44. The molecule has 0 radical (unpaired) electrons. The van der Waals surface area contributed by atoms with Crippen LogP contribution in [-0.4, -0.2) is 30.2 Å². The van der Waals surface area contributed by atoms with Gasteiger partial charge in [-0.1, -0.05) is 31.0 Å². The summed E-state index contributed by atoms with van der Waals surface area (Å²) in [4.78, 5) is 22.7. The van der Waals surface area contributed by atoms with Gasteiger partial charge in [0.25, 0.3) is 0 Å². The zero-order valence-electron chi connectivity index (χ0n) is 12.1. The van der Waals surface area contributed by atoms with E-state index < -0.39 is 5.97 Å². The van der Waals surface area contributed by atoms with Crippen LogP contribution >= 0.6 is 0 Å². The highest BCUT2D eigenvalue weighted by atomic mass is 16.4. The van der Waals surface area contributed by atoms with Crippen molar-refractivity contribution in [1.29, 1.82) is 0 Å². The first-order valence-electron chi connectivity index (χ1n) is 7.49. The molecule has 1 saturated carbocycles. The Morgan fingerprint density at radius 1 is 1.14 bits per heavy atom. The first kappa shape index (κ1) is 15.4. The van der Waals surface area contributed by atoms with E-state index in [1.807, 2.05) is 6.07 Å². The summed E-state index contributed by atoms with van der Waals surface area (Å²) in [7, 11) is 0.